The highest BCUT2D eigenvalue weighted by Crippen LogP contribution is 2.35. The van der Waals surface area contributed by atoms with Crippen LogP contribution in [0.1, 0.15) is 20.3 Å². The molecule has 0 saturated carbocycles. The monoisotopic (exact) mass is 597 g/mol. The first-order valence-corrected chi connectivity index (χ1v) is 13.7. The van der Waals surface area contributed by atoms with Gasteiger partial charge in [0.25, 0.3) is 6.47 Å². The second-order valence-electron chi connectivity index (χ2n) is 6.66. The molecule has 1 aromatic carbocycles. The number of pyridine rings is 1. The lowest BCUT2D eigenvalue weighted by molar-refractivity contribution is -0.126. The van der Waals surface area contributed by atoms with E-state index in [0.717, 1.165) is 39.7 Å². The van der Waals surface area contributed by atoms with E-state index in [1.807, 2.05) is 40.5 Å². The summed E-state index contributed by atoms with van der Waals surface area (Å²) in [7, 11) is 2.86. The number of carbonyl (C=O) groups excluding carboxylic acids is 1. The number of fused-ring (bicyclic) bond motifs is 2. The summed E-state index contributed by atoms with van der Waals surface area (Å²) in [6, 6.07) is 10.3. The minimum absolute atomic E-state index is 0.318. The number of nitrogens with one attached hydrogen (secondary N) is 1. The van der Waals surface area contributed by atoms with Crippen LogP contribution < -0.4 is 5.32 Å². The molecule has 1 atom stereocenters. The Morgan fingerprint density at radius 1 is 1.30 bits per heavy atom. The molecule has 0 saturated heterocycles. The molecule has 0 spiro atoms. The molecule has 1 N–H and O–H groups in total. The van der Waals surface area contributed by atoms with Crippen LogP contribution in [-0.2, 0) is 9.53 Å². The van der Waals surface area contributed by atoms with Crippen molar-refractivity contribution in [2.45, 2.75) is 26.3 Å². The van der Waals surface area contributed by atoms with Gasteiger partial charge in [-0.25, -0.2) is 15.0 Å². The van der Waals surface area contributed by atoms with E-state index in [1.54, 1.807) is 15.3 Å². The molecule has 7 nitrogen and oxygen atoms in total. The molecule has 4 rings (SSSR count). The molecule has 33 heavy (non-hydrogen) atoms. The number of hydrogen-bond donors (Lipinski definition) is 1. The van der Waals surface area contributed by atoms with Gasteiger partial charge in [-0.15, -0.1) is 13.2 Å². The first-order valence-electron chi connectivity index (χ1n) is 9.98. The number of ether oxygens (including phenoxy) is 1. The molecule has 174 valence electrons. The van der Waals surface area contributed by atoms with Gasteiger partial charge in [0.1, 0.15) is 5.82 Å². The number of halogens is 2. The molecule has 0 radical (unpaired) electrons. The van der Waals surface area contributed by atoms with Gasteiger partial charge in [0.05, 0.1) is 17.6 Å². The normalized spacial score (nSPS) is 11.1. The van der Waals surface area contributed by atoms with Crippen molar-refractivity contribution in [2.24, 2.45) is 0 Å². The first-order chi connectivity index (χ1) is 16.0. The van der Waals surface area contributed by atoms with Crippen LogP contribution in [0.25, 0.3) is 33.3 Å². The van der Waals surface area contributed by atoms with Crippen LogP contribution in [0.2, 0.25) is 5.02 Å². The van der Waals surface area contributed by atoms with Crippen LogP contribution in [0.15, 0.2) is 55.9 Å². The van der Waals surface area contributed by atoms with E-state index >= 15 is 0 Å². The number of hydrogen-bond acceptors (Lipinski definition) is 7. The largest absolute Gasteiger partial charge is 0.471 e. The Labute approximate surface area is 214 Å². The number of methoxy groups -OCH3 is 1. The minimum atomic E-state index is 0.318. The number of benzene rings is 1. The van der Waals surface area contributed by atoms with Gasteiger partial charge < -0.3 is 10.1 Å². The first kappa shape index (κ1) is 26.9. The van der Waals surface area contributed by atoms with E-state index < -0.39 is 0 Å². The number of aromatic nitrogens is 4. The van der Waals surface area contributed by atoms with Crippen LogP contribution in [0, 0.1) is 0 Å². The highest BCUT2D eigenvalue weighted by molar-refractivity contribution is 14.2. The summed E-state index contributed by atoms with van der Waals surface area (Å²) in [6.07, 6.45) is 4.69. The molecular formula is C23H25ClIN5O2S. The third-order valence-electron chi connectivity index (χ3n) is 4.59. The fourth-order valence-corrected chi connectivity index (χ4v) is 4.34. The Balaban J connectivity index is 0.000000582. The maximum atomic E-state index is 8.95. The lowest BCUT2D eigenvalue weighted by atomic mass is 10.1. The minimum Gasteiger partial charge on any atom is -0.471 e. The number of para-hydroxylation sites is 1. The molecule has 0 fully saturated rings. The molecule has 10 heteroatoms. The summed E-state index contributed by atoms with van der Waals surface area (Å²) in [5, 5.41) is 6.07. The summed E-state index contributed by atoms with van der Waals surface area (Å²) >= 11 is 8.45. The highest BCUT2D eigenvalue weighted by atomic mass is 127. The molecule has 0 amide bonds. The van der Waals surface area contributed by atoms with E-state index in [9.17, 15) is 0 Å². The second kappa shape index (κ2) is 13.4. The lowest BCUT2D eigenvalue weighted by Crippen LogP contribution is -2.15. The van der Waals surface area contributed by atoms with Crippen molar-refractivity contribution in [2.75, 3.05) is 12.4 Å². The van der Waals surface area contributed by atoms with Crippen LogP contribution in [0.4, 0.5) is 5.82 Å². The van der Waals surface area contributed by atoms with Crippen molar-refractivity contribution in [1.82, 2.24) is 18.9 Å². The third-order valence-corrected chi connectivity index (χ3v) is 6.50. The van der Waals surface area contributed by atoms with E-state index in [0.29, 0.717) is 23.4 Å². The fraction of sp³-hybridized carbons (Fsp3) is 0.217. The van der Waals surface area contributed by atoms with Gasteiger partial charge in [0.15, 0.2) is 11.5 Å². The van der Waals surface area contributed by atoms with E-state index in [1.165, 1.54) is 7.11 Å². The summed E-state index contributed by atoms with van der Waals surface area (Å²) in [4.78, 5) is 23.1. The second-order valence-corrected chi connectivity index (χ2v) is 8.81. The average Bonchev–Trinajstić information content (AvgIpc) is 3.23. The Morgan fingerprint density at radius 3 is 2.64 bits per heavy atom. The van der Waals surface area contributed by atoms with Crippen molar-refractivity contribution in [3.05, 3.63) is 60.9 Å². The van der Waals surface area contributed by atoms with Crippen molar-refractivity contribution < 1.29 is 9.53 Å². The average molecular weight is 598 g/mol. The lowest BCUT2D eigenvalue weighted by Gasteiger charge is -2.15. The van der Waals surface area contributed by atoms with Crippen molar-refractivity contribution in [3.8, 4) is 11.4 Å². The fourth-order valence-electron chi connectivity index (χ4n) is 2.93. The summed E-state index contributed by atoms with van der Waals surface area (Å²) in [6.45, 7) is 10.7. The van der Waals surface area contributed by atoms with Crippen LogP contribution >= 0.6 is 41.9 Å². The van der Waals surface area contributed by atoms with Crippen LogP contribution in [0.5, 0.6) is 0 Å². The Kier molecular flexibility index (Phi) is 10.9. The van der Waals surface area contributed by atoms with Gasteiger partial charge in [-0.3, -0.25) is 8.77 Å². The predicted octanol–water partition coefficient (Wildman–Crippen LogP) is 6.95. The SMILES string of the molecule is C=C.CCC(C)Nc1nc(-c2cn(SI)c3ncc(Cl)cc23)nc2ccccc12.COC=O. The Morgan fingerprint density at radius 2 is 2.00 bits per heavy atom. The quantitative estimate of drug-likeness (QED) is 0.146. The zero-order chi connectivity index (χ0) is 24.4. The molecule has 3 aromatic heterocycles. The topological polar surface area (TPSA) is 81.9 Å². The van der Waals surface area contributed by atoms with Gasteiger partial charge in [-0.2, -0.15) is 0 Å². The van der Waals surface area contributed by atoms with Gasteiger partial charge in [0, 0.05) is 65.1 Å². The van der Waals surface area contributed by atoms with Gasteiger partial charge in [0.2, 0.25) is 0 Å². The number of carbonyl (C=O) groups is 1. The van der Waals surface area contributed by atoms with Crippen LogP contribution in [-0.4, -0.2) is 38.5 Å². The van der Waals surface area contributed by atoms with Crippen LogP contribution in [0.3, 0.4) is 0 Å². The molecule has 3 heterocycles. The van der Waals surface area contributed by atoms with E-state index in [2.05, 4.69) is 63.2 Å². The Bertz CT molecular complexity index is 1220. The number of nitrogens with zero attached hydrogens (tertiary/aromatic N) is 4. The van der Waals surface area contributed by atoms with Crippen molar-refractivity contribution >= 4 is 76.2 Å². The molecule has 4 aromatic rings. The zero-order valence-electron chi connectivity index (χ0n) is 18.6. The molecule has 0 aliphatic carbocycles. The van der Waals surface area contributed by atoms with Gasteiger partial charge in [-0.05, 0) is 31.5 Å². The highest BCUT2D eigenvalue weighted by Gasteiger charge is 2.17. The summed E-state index contributed by atoms with van der Waals surface area (Å²) < 4.78 is 5.86. The summed E-state index contributed by atoms with van der Waals surface area (Å²) in [5.41, 5.74) is 2.68. The molecular weight excluding hydrogens is 573 g/mol. The number of anilines is 1. The zero-order valence-corrected chi connectivity index (χ0v) is 22.3. The molecule has 0 aliphatic heterocycles. The Hall–Kier alpha value is -2.37. The predicted molar refractivity (Wildman–Crippen MR) is 148 cm³/mol. The van der Waals surface area contributed by atoms with Crippen molar-refractivity contribution in [3.63, 3.8) is 0 Å². The van der Waals surface area contributed by atoms with E-state index in [4.69, 9.17) is 26.4 Å². The maximum Gasteiger partial charge on any atom is 0.292 e. The number of rotatable bonds is 6. The van der Waals surface area contributed by atoms with Gasteiger partial charge in [-0.1, -0.05) is 30.7 Å². The van der Waals surface area contributed by atoms with Gasteiger partial charge >= 0.3 is 0 Å². The smallest absolute Gasteiger partial charge is 0.292 e. The molecule has 0 aliphatic rings. The molecule has 1 unspecified atom stereocenters. The maximum absolute atomic E-state index is 8.95. The molecule has 0 bridgehead atoms. The summed E-state index contributed by atoms with van der Waals surface area (Å²) in [5.74, 6) is 1.51. The van der Waals surface area contributed by atoms with E-state index in [-0.39, 0.29) is 0 Å². The van der Waals surface area contributed by atoms with Crippen molar-refractivity contribution in [1.29, 1.82) is 0 Å². The standard InChI is InChI=1S/C19H17ClIN5S.C2H4O2.C2H4/c1-3-11(2)23-17-13-6-4-5-7-16(13)24-18(25-17)15-10-26(27-21)19-14(15)8-12(20)9-22-19;1-4-2-3;1-2/h4-11H,3H2,1-2H3,(H,23,24,25);2H,1H3;1-2H2. The third kappa shape index (κ3) is 6.58.